The SMILES string of the molecule is CC(C)(C)[C@H](NC(=O)OC1CCCC1)C(=O)N1C[C@H](O/N=C2\c3ccccc3-n3cccc32)C[C@H]1C(=O)N[C@@]1(C(=O)NS(=O)(=O)C2CC2)C[C@H]1C(F)F. The number of sulfonamides is 1. The summed E-state index contributed by atoms with van der Waals surface area (Å²) in [4.78, 5) is 62.2. The first-order valence-corrected chi connectivity index (χ1v) is 19.6. The molecule has 3 saturated carbocycles. The van der Waals surface area contributed by atoms with Crippen LogP contribution in [0.15, 0.2) is 47.8 Å². The van der Waals surface area contributed by atoms with Crippen molar-refractivity contribution in [3.63, 3.8) is 0 Å². The number of fused-ring (bicyclic) bond motifs is 3. The molecule has 0 spiro atoms. The molecule has 4 amide bonds. The number of hydrogen-bond acceptors (Lipinski definition) is 9. The lowest BCUT2D eigenvalue weighted by Gasteiger charge is -2.35. The number of nitrogens with one attached hydrogen (secondary N) is 3. The number of nitrogens with zero attached hydrogens (tertiary/aromatic N) is 3. The van der Waals surface area contributed by atoms with E-state index in [0.717, 1.165) is 29.8 Å². The highest BCUT2D eigenvalue weighted by molar-refractivity contribution is 7.91. The van der Waals surface area contributed by atoms with Crippen molar-refractivity contribution in [3.05, 3.63) is 53.9 Å². The van der Waals surface area contributed by atoms with Gasteiger partial charge in [0, 0.05) is 18.2 Å². The third-order valence-electron chi connectivity index (χ3n) is 10.8. The van der Waals surface area contributed by atoms with Gasteiger partial charge >= 0.3 is 6.09 Å². The van der Waals surface area contributed by atoms with Crippen LogP contribution in [0, 0.1) is 11.3 Å². The summed E-state index contributed by atoms with van der Waals surface area (Å²) < 4.78 is 62.8. The zero-order chi connectivity index (χ0) is 37.9. The van der Waals surface area contributed by atoms with E-state index in [4.69, 9.17) is 9.57 Å². The zero-order valence-corrected chi connectivity index (χ0v) is 30.5. The van der Waals surface area contributed by atoms with Gasteiger partial charge in [0.15, 0.2) is 0 Å². The molecule has 5 aliphatic rings. The number of hydrogen-bond donors (Lipinski definition) is 3. The van der Waals surface area contributed by atoms with Crippen LogP contribution < -0.4 is 15.4 Å². The Balaban J connectivity index is 1.15. The molecule has 4 fully saturated rings. The lowest BCUT2D eigenvalue weighted by Crippen LogP contribution is -2.60. The fraction of sp³-hybridized carbons (Fsp3) is 0.583. The van der Waals surface area contributed by atoms with Crippen LogP contribution in [-0.4, -0.2) is 95.5 Å². The Morgan fingerprint density at radius 3 is 2.38 bits per heavy atom. The summed E-state index contributed by atoms with van der Waals surface area (Å²) in [6, 6.07) is 8.77. The van der Waals surface area contributed by atoms with Crippen LogP contribution >= 0.6 is 0 Å². The molecule has 3 aliphatic carbocycles. The lowest BCUT2D eigenvalue weighted by molar-refractivity contribution is -0.143. The molecule has 53 heavy (non-hydrogen) atoms. The van der Waals surface area contributed by atoms with E-state index in [9.17, 15) is 36.4 Å². The number of alkyl halides is 2. The second kappa shape index (κ2) is 13.7. The van der Waals surface area contributed by atoms with E-state index in [2.05, 4.69) is 15.8 Å². The van der Waals surface area contributed by atoms with Crippen molar-refractivity contribution in [2.24, 2.45) is 16.5 Å². The van der Waals surface area contributed by atoms with Gasteiger partial charge in [0.05, 0.1) is 29.1 Å². The summed E-state index contributed by atoms with van der Waals surface area (Å²) in [5.74, 6) is -4.49. The molecule has 3 N–H and O–H groups in total. The van der Waals surface area contributed by atoms with Gasteiger partial charge in [-0.1, -0.05) is 44.1 Å². The summed E-state index contributed by atoms with van der Waals surface area (Å²) >= 11 is 0. The van der Waals surface area contributed by atoms with Gasteiger partial charge in [0.1, 0.15) is 35.5 Å². The third-order valence-corrected chi connectivity index (χ3v) is 12.6. The quantitative estimate of drug-likeness (QED) is 0.250. The topological polar surface area (TPSA) is 177 Å². The second-order valence-corrected chi connectivity index (χ2v) is 17.7. The van der Waals surface area contributed by atoms with E-state index in [1.165, 1.54) is 4.90 Å². The van der Waals surface area contributed by atoms with Crippen molar-refractivity contribution < 1.29 is 46.0 Å². The van der Waals surface area contributed by atoms with Crippen LogP contribution in [0.4, 0.5) is 13.6 Å². The molecule has 1 saturated heterocycles. The fourth-order valence-corrected chi connectivity index (χ4v) is 8.92. The van der Waals surface area contributed by atoms with Gasteiger partial charge < -0.3 is 29.7 Å². The van der Waals surface area contributed by atoms with Crippen LogP contribution in [-0.2, 0) is 34.0 Å². The number of carbonyl (C=O) groups excluding carboxylic acids is 4. The number of rotatable bonds is 11. The second-order valence-electron chi connectivity index (χ2n) is 15.7. The minimum atomic E-state index is -4.12. The molecule has 2 aromatic rings. The van der Waals surface area contributed by atoms with E-state index < -0.39 is 87.0 Å². The normalized spacial score (nSPS) is 26.6. The van der Waals surface area contributed by atoms with Gasteiger partial charge in [0.2, 0.25) is 28.3 Å². The van der Waals surface area contributed by atoms with Gasteiger partial charge in [-0.15, -0.1) is 0 Å². The lowest BCUT2D eigenvalue weighted by atomic mass is 9.85. The van der Waals surface area contributed by atoms with Crippen molar-refractivity contribution in [2.75, 3.05) is 6.54 Å². The maximum absolute atomic E-state index is 14.4. The largest absolute Gasteiger partial charge is 0.446 e. The smallest absolute Gasteiger partial charge is 0.408 e. The molecular weight excluding hydrogens is 714 g/mol. The van der Waals surface area contributed by atoms with Gasteiger partial charge in [-0.2, -0.15) is 0 Å². The molecule has 2 aliphatic heterocycles. The first-order valence-electron chi connectivity index (χ1n) is 18.0. The highest BCUT2D eigenvalue weighted by atomic mass is 32.2. The minimum Gasteiger partial charge on any atom is -0.446 e. The number of oxime groups is 1. The predicted octanol–water partition coefficient (Wildman–Crippen LogP) is 3.36. The molecule has 5 atom stereocenters. The van der Waals surface area contributed by atoms with Crippen LogP contribution in [0.1, 0.15) is 83.4 Å². The number of halogens is 2. The summed E-state index contributed by atoms with van der Waals surface area (Å²) in [5, 5.41) is 8.77. The average molecular weight is 759 g/mol. The number of ether oxygens (including phenoxy) is 1. The average Bonchev–Trinajstić information content (AvgIpc) is 3.82. The first kappa shape index (κ1) is 36.8. The number of benzene rings is 1. The Hall–Kier alpha value is -4.54. The number of aromatic nitrogens is 1. The molecule has 7 rings (SSSR count). The number of para-hydroxylation sites is 1. The fourth-order valence-electron chi connectivity index (χ4n) is 7.56. The minimum absolute atomic E-state index is 0.141. The Morgan fingerprint density at radius 1 is 1.00 bits per heavy atom. The van der Waals surface area contributed by atoms with Gasteiger partial charge in [-0.05, 0) is 68.6 Å². The molecule has 1 aromatic carbocycles. The molecule has 3 heterocycles. The van der Waals surface area contributed by atoms with Crippen molar-refractivity contribution in [2.45, 2.75) is 114 Å². The number of likely N-dealkylation sites (tertiary alicyclic amines) is 1. The van der Waals surface area contributed by atoms with Crippen molar-refractivity contribution in [3.8, 4) is 5.69 Å². The standard InChI is InChI=1S/C36H44F2N6O8S/c1-35(2,3)29(39-34(48)51-20-9-4-5-10-20)32(46)44-19-21(52-41-28-23-11-6-7-12-25(23)43-16-8-13-26(28)43)17-27(44)31(45)40-36(18-24(36)30(37)38)33(47)42-53(49,50)22-14-15-22/h6-8,11-13,16,20-22,24,27,29-30H,4-5,9-10,14-15,17-19H2,1-3H3,(H,39,48)(H,40,45)(H,42,47)/b41-28+/t21-,24+,27+,29-,36+/m1/s1. The summed E-state index contributed by atoms with van der Waals surface area (Å²) in [5.41, 5.74) is -0.0744. The third kappa shape index (κ3) is 7.23. The van der Waals surface area contributed by atoms with Crippen LogP contribution in [0.25, 0.3) is 5.69 Å². The highest BCUT2D eigenvalue weighted by Gasteiger charge is 2.67. The number of carbonyl (C=O) groups is 4. The molecule has 17 heteroatoms. The molecule has 0 unspecified atom stereocenters. The van der Waals surface area contributed by atoms with Gasteiger partial charge in [-0.3, -0.25) is 19.1 Å². The zero-order valence-electron chi connectivity index (χ0n) is 29.7. The van der Waals surface area contributed by atoms with Crippen molar-refractivity contribution in [1.29, 1.82) is 0 Å². The maximum Gasteiger partial charge on any atom is 0.408 e. The molecule has 1 aromatic heterocycles. The van der Waals surface area contributed by atoms with Crippen LogP contribution in [0.2, 0.25) is 0 Å². The van der Waals surface area contributed by atoms with Crippen molar-refractivity contribution >= 4 is 39.5 Å². The van der Waals surface area contributed by atoms with Crippen LogP contribution in [0.3, 0.4) is 0 Å². The van der Waals surface area contributed by atoms with E-state index in [1.54, 1.807) is 20.8 Å². The Morgan fingerprint density at radius 2 is 1.72 bits per heavy atom. The Labute approximate surface area is 306 Å². The molecule has 286 valence electrons. The molecule has 0 bridgehead atoms. The number of amides is 4. The predicted molar refractivity (Wildman–Crippen MR) is 187 cm³/mol. The first-order chi connectivity index (χ1) is 25.1. The van der Waals surface area contributed by atoms with Crippen LogP contribution in [0.5, 0.6) is 0 Å². The summed E-state index contributed by atoms with van der Waals surface area (Å²) in [6.07, 6.45) is 0.230. The molecule has 0 radical (unpaired) electrons. The van der Waals surface area contributed by atoms with E-state index in [0.29, 0.717) is 31.4 Å². The molecule has 14 nitrogen and oxygen atoms in total. The van der Waals surface area contributed by atoms with E-state index in [-0.39, 0.29) is 19.1 Å². The van der Waals surface area contributed by atoms with Gasteiger partial charge in [-0.25, -0.2) is 22.0 Å². The van der Waals surface area contributed by atoms with Crippen molar-refractivity contribution in [1.82, 2.24) is 24.8 Å². The molecular formula is C36H44F2N6O8S. The Bertz CT molecular complexity index is 1940. The van der Waals surface area contributed by atoms with Gasteiger partial charge in [0.25, 0.3) is 5.91 Å². The monoisotopic (exact) mass is 758 g/mol. The summed E-state index contributed by atoms with van der Waals surface area (Å²) in [7, 11) is -4.12. The summed E-state index contributed by atoms with van der Waals surface area (Å²) in [6.45, 7) is 5.04. The number of alkyl carbamates (subject to hydrolysis) is 1. The van der Waals surface area contributed by atoms with E-state index in [1.807, 2.05) is 51.9 Å². The highest BCUT2D eigenvalue weighted by Crippen LogP contribution is 2.48. The maximum atomic E-state index is 14.4. The Kier molecular flexibility index (Phi) is 9.52. The van der Waals surface area contributed by atoms with E-state index >= 15 is 0 Å².